The van der Waals surface area contributed by atoms with E-state index in [1.165, 1.54) is 0 Å². The maximum absolute atomic E-state index is 12.5. The monoisotopic (exact) mass is 335 g/mol. The van der Waals surface area contributed by atoms with Crippen LogP contribution < -0.4 is 5.32 Å². The lowest BCUT2D eigenvalue weighted by atomic mass is 9.79. The van der Waals surface area contributed by atoms with Crippen LogP contribution in [0.15, 0.2) is 30.3 Å². The van der Waals surface area contributed by atoms with Gasteiger partial charge in [-0.15, -0.1) is 0 Å². The number of para-hydroxylation sites is 1. The van der Waals surface area contributed by atoms with Gasteiger partial charge in [-0.25, -0.2) is 0 Å². The van der Waals surface area contributed by atoms with Crippen LogP contribution in [0.1, 0.15) is 6.42 Å². The molecule has 20 heavy (non-hydrogen) atoms. The summed E-state index contributed by atoms with van der Waals surface area (Å²) in [5.41, 5.74) is 0.773. The van der Waals surface area contributed by atoms with Gasteiger partial charge in [0.25, 0.3) is 0 Å². The number of hydrogen-bond donors (Lipinski definition) is 1. The summed E-state index contributed by atoms with van der Waals surface area (Å²) in [5, 5.41) is 2.93. The summed E-state index contributed by atoms with van der Waals surface area (Å²) in [5.74, 6) is -0.361. The van der Waals surface area contributed by atoms with E-state index in [1.807, 2.05) is 30.3 Å². The van der Waals surface area contributed by atoms with Crippen LogP contribution in [0.4, 0.5) is 5.69 Å². The fraction of sp³-hybridized carbons (Fsp3) is 0.467. The van der Waals surface area contributed by atoms with Crippen LogP contribution >= 0.6 is 15.9 Å². The van der Waals surface area contributed by atoms with Gasteiger partial charge in [0.05, 0.1) is 16.7 Å². The number of carbonyl (C=O) groups excluding carboxylic acids is 2. The lowest BCUT2D eigenvalue weighted by molar-refractivity contribution is -0.145. The third-order valence-electron chi connectivity index (χ3n) is 4.87. The van der Waals surface area contributed by atoms with Crippen molar-refractivity contribution in [3.8, 4) is 0 Å². The van der Waals surface area contributed by atoms with E-state index >= 15 is 0 Å². The number of amides is 1. The van der Waals surface area contributed by atoms with E-state index in [-0.39, 0.29) is 46.5 Å². The van der Waals surface area contributed by atoms with E-state index in [0.717, 1.165) is 12.1 Å². The summed E-state index contributed by atoms with van der Waals surface area (Å²) in [6.07, 6.45) is 0.877. The van der Waals surface area contributed by atoms with E-state index in [4.69, 9.17) is 4.74 Å². The Kier molecular flexibility index (Phi) is 2.67. The summed E-state index contributed by atoms with van der Waals surface area (Å²) in [7, 11) is 0. The molecule has 3 aliphatic rings. The van der Waals surface area contributed by atoms with Gasteiger partial charge in [0.15, 0.2) is 0 Å². The summed E-state index contributed by atoms with van der Waals surface area (Å²) in [6.45, 7) is 0. The molecule has 4 nitrogen and oxygen atoms in total. The minimum atomic E-state index is -0.268. The minimum absolute atomic E-state index is 0.0294. The highest BCUT2D eigenvalue weighted by atomic mass is 79.9. The summed E-state index contributed by atoms with van der Waals surface area (Å²) in [4.78, 5) is 24.6. The van der Waals surface area contributed by atoms with Crippen molar-refractivity contribution in [1.29, 1.82) is 0 Å². The first kappa shape index (κ1) is 12.4. The first-order chi connectivity index (χ1) is 9.66. The van der Waals surface area contributed by atoms with Crippen LogP contribution in [0, 0.1) is 23.7 Å². The van der Waals surface area contributed by atoms with Crippen LogP contribution in [-0.2, 0) is 14.3 Å². The molecule has 5 heteroatoms. The Morgan fingerprint density at radius 3 is 2.75 bits per heavy atom. The zero-order chi connectivity index (χ0) is 13.9. The first-order valence-corrected chi connectivity index (χ1v) is 7.79. The molecule has 2 saturated carbocycles. The Balaban J connectivity index is 1.60. The quantitative estimate of drug-likeness (QED) is 0.665. The molecule has 1 aliphatic heterocycles. The van der Waals surface area contributed by atoms with Crippen LogP contribution in [0.2, 0.25) is 0 Å². The molecule has 0 spiro atoms. The minimum Gasteiger partial charge on any atom is -0.461 e. The fourth-order valence-corrected chi connectivity index (χ4v) is 5.12. The molecule has 2 bridgehead atoms. The number of fused-ring (bicyclic) bond motifs is 1. The van der Waals surface area contributed by atoms with Gasteiger partial charge in [0.1, 0.15) is 6.10 Å². The Hall–Kier alpha value is -1.36. The van der Waals surface area contributed by atoms with Crippen molar-refractivity contribution in [3.05, 3.63) is 30.3 Å². The largest absolute Gasteiger partial charge is 0.461 e. The van der Waals surface area contributed by atoms with Crippen LogP contribution in [-0.4, -0.2) is 22.8 Å². The van der Waals surface area contributed by atoms with Crippen molar-refractivity contribution in [2.75, 3.05) is 5.32 Å². The lowest BCUT2D eigenvalue weighted by Crippen LogP contribution is -2.40. The molecule has 4 rings (SSSR count). The Bertz CT molecular complexity index is 576. The van der Waals surface area contributed by atoms with Crippen molar-refractivity contribution < 1.29 is 14.3 Å². The lowest BCUT2D eigenvalue weighted by Gasteiger charge is -2.27. The molecule has 1 heterocycles. The van der Waals surface area contributed by atoms with Gasteiger partial charge in [-0.2, -0.15) is 0 Å². The Labute approximate surface area is 125 Å². The molecule has 3 fully saturated rings. The van der Waals surface area contributed by atoms with E-state index in [9.17, 15) is 9.59 Å². The third-order valence-corrected chi connectivity index (χ3v) is 6.07. The average Bonchev–Trinajstić information content (AvgIpc) is 3.04. The van der Waals surface area contributed by atoms with Crippen LogP contribution in [0.3, 0.4) is 0 Å². The number of halogens is 1. The number of ether oxygens (including phenoxy) is 1. The molecule has 0 aromatic heterocycles. The molecule has 1 saturated heterocycles. The molecule has 0 unspecified atom stereocenters. The Morgan fingerprint density at radius 2 is 2.00 bits per heavy atom. The number of hydrogen-bond acceptors (Lipinski definition) is 3. The number of anilines is 1. The van der Waals surface area contributed by atoms with Crippen molar-refractivity contribution >= 4 is 33.5 Å². The van der Waals surface area contributed by atoms with Crippen molar-refractivity contribution in [3.63, 3.8) is 0 Å². The molecule has 1 aromatic carbocycles. The van der Waals surface area contributed by atoms with Gasteiger partial charge < -0.3 is 10.1 Å². The number of esters is 1. The SMILES string of the molecule is O=C(Nc1ccccc1)[C@H]1[C@H]2C[C@H]3[C@H](OC(=O)[C@@H]31)[C@@H]2Br. The molecule has 104 valence electrons. The van der Waals surface area contributed by atoms with E-state index in [1.54, 1.807) is 0 Å². The van der Waals surface area contributed by atoms with E-state index < -0.39 is 0 Å². The van der Waals surface area contributed by atoms with Gasteiger partial charge >= 0.3 is 5.97 Å². The summed E-state index contributed by atoms with van der Waals surface area (Å²) in [6, 6.07) is 9.37. The van der Waals surface area contributed by atoms with Gasteiger partial charge in [-0.05, 0) is 24.5 Å². The maximum Gasteiger partial charge on any atom is 0.310 e. The summed E-state index contributed by atoms with van der Waals surface area (Å²) < 4.78 is 5.42. The van der Waals surface area contributed by atoms with Gasteiger partial charge in [0.2, 0.25) is 5.91 Å². The van der Waals surface area contributed by atoms with Crippen LogP contribution in [0.25, 0.3) is 0 Å². The zero-order valence-corrected chi connectivity index (χ0v) is 12.2. The van der Waals surface area contributed by atoms with Crippen molar-refractivity contribution in [1.82, 2.24) is 0 Å². The second-order valence-corrected chi connectivity index (χ2v) is 6.87. The number of benzene rings is 1. The van der Waals surface area contributed by atoms with Gasteiger partial charge in [-0.1, -0.05) is 34.1 Å². The zero-order valence-electron chi connectivity index (χ0n) is 10.7. The highest BCUT2D eigenvalue weighted by molar-refractivity contribution is 9.09. The van der Waals surface area contributed by atoms with E-state index in [0.29, 0.717) is 0 Å². The van der Waals surface area contributed by atoms with E-state index in [2.05, 4.69) is 21.2 Å². The molecule has 2 aliphatic carbocycles. The molecular weight excluding hydrogens is 322 g/mol. The third kappa shape index (κ3) is 1.59. The number of alkyl halides is 1. The maximum atomic E-state index is 12.5. The average molecular weight is 336 g/mol. The van der Waals surface area contributed by atoms with Crippen molar-refractivity contribution in [2.24, 2.45) is 23.7 Å². The predicted octanol–water partition coefficient (Wildman–Crippen LogP) is 2.20. The fourth-order valence-electron chi connectivity index (χ4n) is 4.08. The predicted molar refractivity (Wildman–Crippen MR) is 76.2 cm³/mol. The standard InChI is InChI=1S/C15H14BrNO3/c16-12-8-6-9-11(15(19)20-13(9)12)10(8)14(18)17-7-4-2-1-3-5-7/h1-5,8-13H,6H2,(H,17,18)/t8-,9-,10+,11+,12-,13+/m1/s1. The smallest absolute Gasteiger partial charge is 0.310 e. The molecule has 6 atom stereocenters. The topological polar surface area (TPSA) is 55.4 Å². The highest BCUT2D eigenvalue weighted by Crippen LogP contribution is 2.59. The summed E-state index contributed by atoms with van der Waals surface area (Å²) >= 11 is 3.61. The number of nitrogens with one attached hydrogen (secondary N) is 1. The molecule has 1 N–H and O–H groups in total. The Morgan fingerprint density at radius 1 is 1.25 bits per heavy atom. The second kappa shape index (κ2) is 4.32. The van der Waals surface area contributed by atoms with Gasteiger partial charge in [-0.3, -0.25) is 9.59 Å². The molecule has 1 aromatic rings. The number of rotatable bonds is 2. The number of carbonyl (C=O) groups is 2. The van der Waals surface area contributed by atoms with Crippen LogP contribution in [0.5, 0.6) is 0 Å². The normalized spacial score (nSPS) is 40.8. The molecule has 0 radical (unpaired) electrons. The molecular formula is C15H14BrNO3. The van der Waals surface area contributed by atoms with Crippen molar-refractivity contribution in [2.45, 2.75) is 17.4 Å². The first-order valence-electron chi connectivity index (χ1n) is 6.87. The molecule has 1 amide bonds. The van der Waals surface area contributed by atoms with Gasteiger partial charge in [0, 0.05) is 11.6 Å². The highest BCUT2D eigenvalue weighted by Gasteiger charge is 2.67. The second-order valence-electron chi connectivity index (χ2n) is 5.82.